The van der Waals surface area contributed by atoms with E-state index in [0.717, 1.165) is 10.4 Å². The third-order valence-corrected chi connectivity index (χ3v) is 5.63. The van der Waals surface area contributed by atoms with Crippen LogP contribution >= 0.6 is 11.6 Å². The minimum atomic E-state index is -3.94. The fourth-order valence-electron chi connectivity index (χ4n) is 2.74. The van der Waals surface area contributed by atoms with Crippen molar-refractivity contribution in [2.75, 3.05) is 5.75 Å². The molecule has 2 heterocycles. The van der Waals surface area contributed by atoms with Gasteiger partial charge in [-0.15, -0.1) is 10.2 Å². The van der Waals surface area contributed by atoms with Crippen LogP contribution < -0.4 is 5.14 Å². The van der Waals surface area contributed by atoms with E-state index in [1.807, 2.05) is 0 Å². The van der Waals surface area contributed by atoms with Crippen LogP contribution in [0.15, 0.2) is 30.3 Å². The summed E-state index contributed by atoms with van der Waals surface area (Å²) in [5, 5.41) is 27.7. The molecule has 0 aliphatic heterocycles. The molecular formula is C17H18ClFN6O3S. The van der Waals surface area contributed by atoms with Crippen molar-refractivity contribution in [3.05, 3.63) is 58.0 Å². The van der Waals surface area contributed by atoms with Crippen molar-refractivity contribution in [2.24, 2.45) is 5.14 Å². The summed E-state index contributed by atoms with van der Waals surface area (Å²) in [5.41, 5.74) is -0.534. The number of primary sulfonamides is 1. The summed E-state index contributed by atoms with van der Waals surface area (Å²) >= 11 is 6.17. The van der Waals surface area contributed by atoms with Crippen LogP contribution in [-0.2, 0) is 22.2 Å². The van der Waals surface area contributed by atoms with Crippen LogP contribution in [-0.4, -0.2) is 44.5 Å². The van der Waals surface area contributed by atoms with Crippen molar-refractivity contribution in [3.63, 3.8) is 0 Å². The van der Waals surface area contributed by atoms with Gasteiger partial charge in [-0.2, -0.15) is 4.80 Å². The Kier molecular flexibility index (Phi) is 5.68. The summed E-state index contributed by atoms with van der Waals surface area (Å²) in [4.78, 5) is 5.38. The number of hydrogen-bond donors (Lipinski definition) is 2. The molecule has 1 atom stereocenters. The first-order valence-electron chi connectivity index (χ1n) is 8.38. The van der Waals surface area contributed by atoms with E-state index in [4.69, 9.17) is 16.7 Å². The van der Waals surface area contributed by atoms with Crippen molar-refractivity contribution >= 4 is 21.6 Å². The van der Waals surface area contributed by atoms with Crippen LogP contribution in [0.4, 0.5) is 4.39 Å². The lowest BCUT2D eigenvalue weighted by Gasteiger charge is -2.21. The molecule has 3 aromatic rings. The van der Waals surface area contributed by atoms with E-state index in [-0.39, 0.29) is 34.3 Å². The largest absolute Gasteiger partial charge is 0.383 e. The molecule has 1 aromatic carbocycles. The molecule has 0 saturated carbocycles. The third kappa shape index (κ3) is 4.93. The molecule has 0 aliphatic rings. The van der Waals surface area contributed by atoms with Crippen LogP contribution in [0.3, 0.4) is 0 Å². The lowest BCUT2D eigenvalue weighted by molar-refractivity contribution is 0.0773. The smallest absolute Gasteiger partial charge is 0.223 e. The summed E-state index contributed by atoms with van der Waals surface area (Å²) in [7, 11) is -3.94. The van der Waals surface area contributed by atoms with Gasteiger partial charge in [0, 0.05) is 5.56 Å². The summed E-state index contributed by atoms with van der Waals surface area (Å²) in [6.07, 6.45) is 0. The van der Waals surface area contributed by atoms with E-state index >= 15 is 0 Å². The van der Waals surface area contributed by atoms with Crippen LogP contribution in [0.1, 0.15) is 23.7 Å². The minimum Gasteiger partial charge on any atom is -0.383 e. The first kappa shape index (κ1) is 21.2. The van der Waals surface area contributed by atoms with Gasteiger partial charge in [-0.05, 0) is 42.8 Å². The van der Waals surface area contributed by atoms with E-state index in [2.05, 4.69) is 20.4 Å². The highest BCUT2D eigenvalue weighted by Crippen LogP contribution is 2.25. The number of nitrogens with zero attached hydrogens (tertiary/aromatic N) is 5. The number of sulfonamides is 1. The molecule has 0 radical (unpaired) electrons. The van der Waals surface area contributed by atoms with Gasteiger partial charge in [-0.1, -0.05) is 23.7 Å². The normalized spacial score (nSPS) is 14.0. The van der Waals surface area contributed by atoms with Gasteiger partial charge in [0.05, 0.1) is 23.0 Å². The fourth-order valence-corrected chi connectivity index (χ4v) is 3.88. The number of aromatic nitrogens is 5. The van der Waals surface area contributed by atoms with Crippen molar-refractivity contribution in [1.29, 1.82) is 0 Å². The number of tetrazole rings is 1. The molecule has 0 bridgehead atoms. The average Bonchev–Trinajstić information content (AvgIpc) is 3.09. The zero-order chi connectivity index (χ0) is 21.4. The second kappa shape index (κ2) is 7.75. The topological polar surface area (TPSA) is 137 Å². The Labute approximate surface area is 171 Å². The van der Waals surface area contributed by atoms with Crippen LogP contribution in [0.5, 0.6) is 0 Å². The second-order valence-corrected chi connectivity index (χ2v) is 8.78. The van der Waals surface area contributed by atoms with Crippen LogP contribution in [0, 0.1) is 12.7 Å². The molecular weight excluding hydrogens is 423 g/mol. The van der Waals surface area contributed by atoms with Crippen LogP contribution in [0.2, 0.25) is 5.02 Å². The van der Waals surface area contributed by atoms with Gasteiger partial charge in [0.25, 0.3) is 0 Å². The molecule has 0 unspecified atom stereocenters. The molecule has 3 rings (SSSR count). The highest BCUT2D eigenvalue weighted by atomic mass is 35.5. The number of rotatable bonds is 6. The molecule has 0 amide bonds. The number of halogens is 2. The summed E-state index contributed by atoms with van der Waals surface area (Å²) < 4.78 is 36.8. The van der Waals surface area contributed by atoms with Crippen molar-refractivity contribution < 1.29 is 17.9 Å². The fraction of sp³-hybridized carbons (Fsp3) is 0.294. The SMILES string of the molecule is Cc1ccc(F)c(Cn2nnc(-c3cccc([C@@](C)(O)CS(N)(=O)=O)n3)n2)c1Cl. The molecule has 9 nitrogen and oxygen atoms in total. The van der Waals surface area contributed by atoms with Gasteiger partial charge in [-0.3, -0.25) is 0 Å². The molecule has 0 aliphatic carbocycles. The van der Waals surface area contributed by atoms with Crippen molar-refractivity contribution in [1.82, 2.24) is 25.2 Å². The Balaban J connectivity index is 1.89. The van der Waals surface area contributed by atoms with Gasteiger partial charge in [0.2, 0.25) is 15.8 Å². The summed E-state index contributed by atoms with van der Waals surface area (Å²) in [6, 6.07) is 7.48. The highest BCUT2D eigenvalue weighted by molar-refractivity contribution is 7.89. The van der Waals surface area contributed by atoms with E-state index < -0.39 is 27.2 Å². The first-order valence-corrected chi connectivity index (χ1v) is 10.5. The number of aryl methyl sites for hydroxylation is 1. The lowest BCUT2D eigenvalue weighted by Crippen LogP contribution is -2.35. The predicted octanol–water partition coefficient (Wildman–Crippen LogP) is 1.38. The Morgan fingerprint density at radius 1 is 1.31 bits per heavy atom. The van der Waals surface area contributed by atoms with Crippen molar-refractivity contribution in [2.45, 2.75) is 26.0 Å². The molecule has 0 saturated heterocycles. The first-order chi connectivity index (χ1) is 13.5. The van der Waals surface area contributed by atoms with E-state index in [9.17, 15) is 17.9 Å². The monoisotopic (exact) mass is 440 g/mol. The van der Waals surface area contributed by atoms with E-state index in [1.54, 1.807) is 25.1 Å². The van der Waals surface area contributed by atoms with Gasteiger partial charge in [-0.25, -0.2) is 22.9 Å². The molecule has 12 heteroatoms. The highest BCUT2D eigenvalue weighted by Gasteiger charge is 2.30. The van der Waals surface area contributed by atoms with Gasteiger partial charge >= 0.3 is 0 Å². The minimum absolute atomic E-state index is 0.0395. The quantitative estimate of drug-likeness (QED) is 0.590. The third-order valence-electron chi connectivity index (χ3n) is 4.14. The Bertz CT molecular complexity index is 1170. The standard InChI is InChI=1S/C17H18ClFN6O3S/c1-10-6-7-12(19)11(15(10)18)8-25-23-16(22-24-25)13-4-3-5-14(21-13)17(2,26)9-29(20,27)28/h3-7,26H,8-9H2,1-2H3,(H2,20,27,28)/t17-/m0/s1. The maximum absolute atomic E-state index is 14.1. The molecule has 29 heavy (non-hydrogen) atoms. The predicted molar refractivity (Wildman–Crippen MR) is 104 cm³/mol. The van der Waals surface area contributed by atoms with E-state index in [1.165, 1.54) is 19.1 Å². The number of nitrogens with two attached hydrogens (primary N) is 1. The Hall–Kier alpha value is -2.47. The molecule has 2 aromatic heterocycles. The molecule has 3 N–H and O–H groups in total. The lowest BCUT2D eigenvalue weighted by atomic mass is 10.0. The number of pyridine rings is 1. The van der Waals surface area contributed by atoms with E-state index in [0.29, 0.717) is 0 Å². The number of benzene rings is 1. The van der Waals surface area contributed by atoms with Gasteiger partial charge < -0.3 is 5.11 Å². The van der Waals surface area contributed by atoms with Gasteiger partial charge in [0.15, 0.2) is 0 Å². The molecule has 0 fully saturated rings. The number of aliphatic hydroxyl groups is 1. The second-order valence-electron chi connectivity index (χ2n) is 6.79. The molecule has 0 spiro atoms. The maximum atomic E-state index is 14.1. The molecule has 154 valence electrons. The Morgan fingerprint density at radius 3 is 2.72 bits per heavy atom. The average molecular weight is 441 g/mol. The van der Waals surface area contributed by atoms with Gasteiger partial charge in [0.1, 0.15) is 17.1 Å². The Morgan fingerprint density at radius 2 is 2.03 bits per heavy atom. The maximum Gasteiger partial charge on any atom is 0.223 e. The van der Waals surface area contributed by atoms with Crippen LogP contribution in [0.25, 0.3) is 11.5 Å². The summed E-state index contributed by atoms with van der Waals surface area (Å²) in [5.74, 6) is -1.08. The number of hydrogen-bond acceptors (Lipinski definition) is 7. The summed E-state index contributed by atoms with van der Waals surface area (Å²) in [6.45, 7) is 3.01. The zero-order valence-corrected chi connectivity index (χ0v) is 17.1. The zero-order valence-electron chi connectivity index (χ0n) is 15.5. The van der Waals surface area contributed by atoms with Crippen molar-refractivity contribution in [3.8, 4) is 11.5 Å².